The average molecular weight is 305 g/mol. The van der Waals surface area contributed by atoms with Crippen molar-refractivity contribution in [1.29, 1.82) is 0 Å². The van der Waals surface area contributed by atoms with Gasteiger partial charge in [-0.1, -0.05) is 0 Å². The van der Waals surface area contributed by atoms with Crippen LogP contribution >= 0.6 is 11.3 Å². The molecule has 21 heavy (non-hydrogen) atoms. The Labute approximate surface area is 126 Å². The number of hydrogen-bond donors (Lipinski definition) is 0. The van der Waals surface area contributed by atoms with Crippen molar-refractivity contribution < 1.29 is 9.66 Å². The van der Waals surface area contributed by atoms with Crippen molar-refractivity contribution in [1.82, 2.24) is 9.88 Å². The largest absolute Gasteiger partial charge is 0.379 e. The maximum atomic E-state index is 10.7. The van der Waals surface area contributed by atoms with E-state index >= 15 is 0 Å². The third-order valence-electron chi connectivity index (χ3n) is 3.37. The summed E-state index contributed by atoms with van der Waals surface area (Å²) < 4.78 is 5.33. The second kappa shape index (κ2) is 6.30. The molecule has 0 amide bonds. The van der Waals surface area contributed by atoms with Crippen molar-refractivity contribution in [3.8, 4) is 10.6 Å². The molecule has 0 aliphatic carbocycles. The van der Waals surface area contributed by atoms with Gasteiger partial charge in [0.05, 0.1) is 23.8 Å². The van der Waals surface area contributed by atoms with Gasteiger partial charge in [-0.05, 0) is 12.1 Å². The third kappa shape index (κ3) is 3.44. The molecule has 0 saturated carbocycles. The summed E-state index contributed by atoms with van der Waals surface area (Å²) in [5, 5.41) is 13.6. The molecule has 1 aromatic heterocycles. The number of nitro benzene ring substituents is 1. The topological polar surface area (TPSA) is 68.5 Å². The van der Waals surface area contributed by atoms with Crippen LogP contribution in [0.4, 0.5) is 5.69 Å². The van der Waals surface area contributed by atoms with Gasteiger partial charge in [0, 0.05) is 42.7 Å². The molecule has 6 nitrogen and oxygen atoms in total. The molecule has 0 spiro atoms. The van der Waals surface area contributed by atoms with Crippen LogP contribution in [0.2, 0.25) is 0 Å². The summed E-state index contributed by atoms with van der Waals surface area (Å²) in [6, 6.07) is 6.52. The van der Waals surface area contributed by atoms with E-state index in [2.05, 4.69) is 9.88 Å². The van der Waals surface area contributed by atoms with Gasteiger partial charge in [-0.25, -0.2) is 4.98 Å². The molecule has 7 heteroatoms. The minimum Gasteiger partial charge on any atom is -0.379 e. The molecule has 1 aromatic carbocycles. The van der Waals surface area contributed by atoms with Crippen LogP contribution in [0.25, 0.3) is 10.6 Å². The monoisotopic (exact) mass is 305 g/mol. The quantitative estimate of drug-likeness (QED) is 0.641. The van der Waals surface area contributed by atoms with Crippen molar-refractivity contribution in [2.24, 2.45) is 0 Å². The fraction of sp³-hybridized carbons (Fsp3) is 0.357. The van der Waals surface area contributed by atoms with E-state index in [-0.39, 0.29) is 5.69 Å². The lowest BCUT2D eigenvalue weighted by Gasteiger charge is -2.25. The number of morpholine rings is 1. The molecule has 110 valence electrons. The van der Waals surface area contributed by atoms with Gasteiger partial charge in [0.25, 0.3) is 5.69 Å². The standard InChI is InChI=1S/C14H15N3O3S/c18-17(19)13-3-1-11(2-4-13)14-15-12(10-21-14)9-16-5-7-20-8-6-16/h1-4,10H,5-9H2. The van der Waals surface area contributed by atoms with E-state index < -0.39 is 4.92 Å². The molecule has 3 rings (SSSR count). The Hall–Kier alpha value is -1.83. The minimum atomic E-state index is -0.393. The number of benzene rings is 1. The number of hydrogen-bond acceptors (Lipinski definition) is 6. The number of non-ortho nitro benzene ring substituents is 1. The van der Waals surface area contributed by atoms with Gasteiger partial charge < -0.3 is 4.74 Å². The maximum absolute atomic E-state index is 10.7. The zero-order chi connectivity index (χ0) is 14.7. The van der Waals surface area contributed by atoms with E-state index in [4.69, 9.17) is 4.74 Å². The molecule has 0 atom stereocenters. The molecule has 0 bridgehead atoms. The van der Waals surface area contributed by atoms with E-state index in [0.717, 1.165) is 49.1 Å². The lowest BCUT2D eigenvalue weighted by molar-refractivity contribution is -0.384. The van der Waals surface area contributed by atoms with Crippen molar-refractivity contribution in [2.45, 2.75) is 6.54 Å². The van der Waals surface area contributed by atoms with Crippen molar-refractivity contribution in [3.63, 3.8) is 0 Å². The molecular weight excluding hydrogens is 290 g/mol. The summed E-state index contributed by atoms with van der Waals surface area (Å²) in [7, 11) is 0. The SMILES string of the molecule is O=[N+]([O-])c1ccc(-c2nc(CN3CCOCC3)cs2)cc1. The van der Waals surface area contributed by atoms with Crippen LogP contribution in [-0.4, -0.2) is 41.1 Å². The van der Waals surface area contributed by atoms with Gasteiger partial charge in [-0.3, -0.25) is 15.0 Å². The highest BCUT2D eigenvalue weighted by Gasteiger charge is 2.13. The molecule has 2 aromatic rings. The smallest absolute Gasteiger partial charge is 0.269 e. The Balaban J connectivity index is 1.70. The first-order valence-electron chi connectivity index (χ1n) is 6.72. The fourth-order valence-corrected chi connectivity index (χ4v) is 3.04. The molecule has 0 radical (unpaired) electrons. The minimum absolute atomic E-state index is 0.101. The van der Waals surface area contributed by atoms with Crippen LogP contribution < -0.4 is 0 Å². The summed E-state index contributed by atoms with van der Waals surface area (Å²) in [5.74, 6) is 0. The van der Waals surface area contributed by atoms with Crippen LogP contribution in [-0.2, 0) is 11.3 Å². The summed E-state index contributed by atoms with van der Waals surface area (Å²) in [6.07, 6.45) is 0. The molecular formula is C14H15N3O3S. The molecule has 1 aliphatic heterocycles. The van der Waals surface area contributed by atoms with Crippen molar-refractivity contribution >= 4 is 17.0 Å². The predicted octanol–water partition coefficient (Wildman–Crippen LogP) is 2.55. The van der Waals surface area contributed by atoms with Crippen LogP contribution in [0.1, 0.15) is 5.69 Å². The highest BCUT2D eigenvalue weighted by molar-refractivity contribution is 7.13. The first-order valence-corrected chi connectivity index (χ1v) is 7.60. The fourth-order valence-electron chi connectivity index (χ4n) is 2.23. The Kier molecular flexibility index (Phi) is 4.23. The van der Waals surface area contributed by atoms with Gasteiger partial charge in [0.1, 0.15) is 5.01 Å². The van der Waals surface area contributed by atoms with Gasteiger partial charge in [0.2, 0.25) is 0 Å². The van der Waals surface area contributed by atoms with E-state index in [9.17, 15) is 10.1 Å². The van der Waals surface area contributed by atoms with Crippen LogP contribution in [0.15, 0.2) is 29.6 Å². The Bertz CT molecular complexity index is 621. The molecule has 1 aliphatic rings. The molecule has 0 N–H and O–H groups in total. The molecule has 1 fully saturated rings. The van der Waals surface area contributed by atoms with E-state index in [1.54, 1.807) is 23.5 Å². The maximum Gasteiger partial charge on any atom is 0.269 e. The highest BCUT2D eigenvalue weighted by atomic mass is 32.1. The first kappa shape index (κ1) is 14.1. The second-order valence-corrected chi connectivity index (χ2v) is 5.69. The number of thiazole rings is 1. The third-order valence-corrected chi connectivity index (χ3v) is 4.31. The molecule has 2 heterocycles. The van der Waals surface area contributed by atoms with Crippen LogP contribution in [0.3, 0.4) is 0 Å². The predicted molar refractivity (Wildman–Crippen MR) is 80.3 cm³/mol. The van der Waals surface area contributed by atoms with Crippen molar-refractivity contribution in [3.05, 3.63) is 45.5 Å². The Morgan fingerprint density at radius 3 is 2.67 bits per heavy atom. The highest BCUT2D eigenvalue weighted by Crippen LogP contribution is 2.26. The average Bonchev–Trinajstić information content (AvgIpc) is 2.97. The van der Waals surface area contributed by atoms with Gasteiger partial charge in [-0.15, -0.1) is 11.3 Å². The number of aromatic nitrogens is 1. The number of ether oxygens (including phenoxy) is 1. The van der Waals surface area contributed by atoms with Gasteiger partial charge in [0.15, 0.2) is 0 Å². The van der Waals surface area contributed by atoms with Gasteiger partial charge in [-0.2, -0.15) is 0 Å². The lowest BCUT2D eigenvalue weighted by atomic mass is 10.2. The van der Waals surface area contributed by atoms with Crippen LogP contribution in [0.5, 0.6) is 0 Å². The van der Waals surface area contributed by atoms with Crippen molar-refractivity contribution in [2.75, 3.05) is 26.3 Å². The lowest BCUT2D eigenvalue weighted by Crippen LogP contribution is -2.35. The summed E-state index contributed by atoms with van der Waals surface area (Å²) in [5.41, 5.74) is 2.05. The number of rotatable bonds is 4. The molecule has 0 unspecified atom stereocenters. The Morgan fingerprint density at radius 2 is 2.00 bits per heavy atom. The molecule has 1 saturated heterocycles. The number of nitrogens with zero attached hydrogens (tertiary/aromatic N) is 3. The van der Waals surface area contributed by atoms with E-state index in [1.165, 1.54) is 12.1 Å². The van der Waals surface area contributed by atoms with Crippen LogP contribution in [0, 0.1) is 10.1 Å². The van der Waals surface area contributed by atoms with Gasteiger partial charge >= 0.3 is 0 Å². The van der Waals surface area contributed by atoms with E-state index in [1.807, 2.05) is 5.38 Å². The number of nitro groups is 1. The van der Waals surface area contributed by atoms with E-state index in [0.29, 0.717) is 0 Å². The zero-order valence-corrected chi connectivity index (χ0v) is 12.2. The summed E-state index contributed by atoms with van der Waals surface area (Å²) in [6.45, 7) is 4.25. The normalized spacial score (nSPS) is 16.0. The Morgan fingerprint density at radius 1 is 1.29 bits per heavy atom. The first-order chi connectivity index (χ1) is 10.2. The second-order valence-electron chi connectivity index (χ2n) is 4.84. The zero-order valence-electron chi connectivity index (χ0n) is 11.4. The summed E-state index contributed by atoms with van der Waals surface area (Å²) >= 11 is 1.57. The summed E-state index contributed by atoms with van der Waals surface area (Å²) in [4.78, 5) is 17.2.